The van der Waals surface area contributed by atoms with Crippen LogP contribution in [0.2, 0.25) is 0 Å². The van der Waals surface area contributed by atoms with Crippen LogP contribution in [-0.2, 0) is 33.6 Å². The molecule has 346 valence electrons. The van der Waals surface area contributed by atoms with Crippen molar-refractivity contribution >= 4 is 64.4 Å². The molecule has 0 aromatic carbocycles. The Balaban J connectivity index is 1.45. The molecule has 0 bridgehead atoms. The van der Waals surface area contributed by atoms with E-state index in [1.165, 1.54) is 6.92 Å². The number of nitrogens with one attached hydrogen (secondary N) is 5. The molecule has 2 aromatic heterocycles. The largest absolute Gasteiger partial charge is 0.356 e. The summed E-state index contributed by atoms with van der Waals surface area (Å²) in [6.45, 7) is 2.68. The molecule has 8 N–H and O–H groups in total. The van der Waals surface area contributed by atoms with E-state index in [-0.39, 0.29) is 81.0 Å². The van der Waals surface area contributed by atoms with Crippen LogP contribution in [0.3, 0.4) is 0 Å². The smallest absolute Gasteiger partial charge is 0.246 e. The Labute approximate surface area is 372 Å². The van der Waals surface area contributed by atoms with Gasteiger partial charge in [-0.3, -0.25) is 64.6 Å². The van der Waals surface area contributed by atoms with Gasteiger partial charge in [-0.2, -0.15) is 5.10 Å². The normalized spacial score (nSPS) is 10.5. The van der Waals surface area contributed by atoms with E-state index in [9.17, 15) is 49.2 Å². The summed E-state index contributed by atoms with van der Waals surface area (Å²) in [7, 11) is 0. The number of aromatic nitrogens is 2. The SMILES string of the molecule is CC(=O)N(O)CCCCCNC(=O)CCC(=O)N(O)CCCCCNC(=O)CCC(=O)N(O)CCCCCNC(=O)CCC(=O)NC(=S)NN=C(c1ccccn1)c1ccccn1. The lowest BCUT2D eigenvalue weighted by molar-refractivity contribution is -0.166. The number of thiocarbonyl (C=S) groups is 1. The van der Waals surface area contributed by atoms with Crippen LogP contribution < -0.4 is 26.7 Å². The van der Waals surface area contributed by atoms with Crippen LogP contribution in [0.4, 0.5) is 0 Å². The summed E-state index contributed by atoms with van der Waals surface area (Å²) in [4.78, 5) is 92.6. The van der Waals surface area contributed by atoms with Crippen molar-refractivity contribution in [1.82, 2.24) is 51.9 Å². The number of hydrogen-bond donors (Lipinski definition) is 8. The molecule has 0 saturated heterocycles. The average molecular weight is 900 g/mol. The molecule has 7 amide bonds. The third-order valence-electron chi connectivity index (χ3n) is 9.09. The standard InChI is InChI=1S/C41H61N11O10S/c1-31(53)50(60)28-12-2-7-26-45-35(55)19-21-38(58)52(62)30-14-4-9-27-46-36(56)20-22-39(59)51(61)29-13-3-8-25-44-34(54)17-18-37(57)47-41(63)49-48-40(32-15-5-10-23-42-32)33-16-6-11-24-43-33/h5-6,10-11,15-16,23-24,60-62H,2-4,7-9,12-14,17-22,25-30H2,1H3,(H,44,54)(H,45,55)(H,46,56)(H2,47,49,57,63). The maximum absolute atomic E-state index is 12.4. The summed E-state index contributed by atoms with van der Waals surface area (Å²) in [5.74, 6) is -3.07. The summed E-state index contributed by atoms with van der Waals surface area (Å²) in [6, 6.07) is 10.7. The minimum Gasteiger partial charge on any atom is -0.356 e. The number of hydrazone groups is 1. The molecule has 0 fully saturated rings. The van der Waals surface area contributed by atoms with Crippen LogP contribution in [0.25, 0.3) is 0 Å². The number of amides is 7. The van der Waals surface area contributed by atoms with Crippen LogP contribution in [0, 0.1) is 0 Å². The lowest BCUT2D eigenvalue weighted by atomic mass is 10.1. The van der Waals surface area contributed by atoms with E-state index in [1.54, 1.807) is 48.8 Å². The van der Waals surface area contributed by atoms with Gasteiger partial charge in [0.2, 0.25) is 41.4 Å². The topological polar surface area (TPSA) is 288 Å². The van der Waals surface area contributed by atoms with E-state index in [1.807, 2.05) is 0 Å². The van der Waals surface area contributed by atoms with Crippen LogP contribution >= 0.6 is 12.2 Å². The molecular formula is C41H61N11O10S. The van der Waals surface area contributed by atoms with Crippen LogP contribution in [-0.4, -0.2) is 132 Å². The highest BCUT2D eigenvalue weighted by Gasteiger charge is 2.16. The molecule has 22 heteroatoms. The molecule has 2 heterocycles. The van der Waals surface area contributed by atoms with E-state index < -0.39 is 23.6 Å². The fourth-order valence-electron chi connectivity index (χ4n) is 5.55. The van der Waals surface area contributed by atoms with E-state index in [4.69, 9.17) is 12.2 Å². The molecule has 0 radical (unpaired) electrons. The first-order valence-corrected chi connectivity index (χ1v) is 21.4. The Bertz CT molecular complexity index is 1750. The van der Waals surface area contributed by atoms with Gasteiger partial charge in [0.15, 0.2) is 5.11 Å². The van der Waals surface area contributed by atoms with E-state index >= 15 is 0 Å². The molecule has 21 nitrogen and oxygen atoms in total. The Morgan fingerprint density at radius 1 is 0.556 bits per heavy atom. The van der Waals surface area contributed by atoms with Gasteiger partial charge in [-0.05, 0) is 94.3 Å². The Morgan fingerprint density at radius 2 is 0.952 bits per heavy atom. The van der Waals surface area contributed by atoms with Crippen molar-refractivity contribution in [2.45, 2.75) is 103 Å². The maximum Gasteiger partial charge on any atom is 0.246 e. The Hall–Kier alpha value is -5.97. The number of hydroxylamine groups is 6. The molecule has 0 aliphatic rings. The summed E-state index contributed by atoms with van der Waals surface area (Å²) < 4.78 is 0. The zero-order valence-electron chi connectivity index (χ0n) is 35.8. The predicted octanol–water partition coefficient (Wildman–Crippen LogP) is 2.09. The van der Waals surface area contributed by atoms with Crippen molar-refractivity contribution in [3.63, 3.8) is 0 Å². The van der Waals surface area contributed by atoms with E-state index in [0.29, 0.717) is 110 Å². The molecule has 0 aliphatic carbocycles. The molecular weight excluding hydrogens is 839 g/mol. The molecule has 0 spiro atoms. The summed E-state index contributed by atoms with van der Waals surface area (Å²) in [5.41, 5.74) is 4.14. The number of carbonyl (C=O) groups excluding carboxylic acids is 7. The molecule has 0 aliphatic heterocycles. The fraction of sp³-hybridized carbons (Fsp3) is 0.537. The fourth-order valence-corrected chi connectivity index (χ4v) is 5.71. The zero-order valence-corrected chi connectivity index (χ0v) is 36.6. The summed E-state index contributed by atoms with van der Waals surface area (Å²) in [5, 5.41) is 46.0. The number of nitrogens with zero attached hydrogens (tertiary/aromatic N) is 6. The highest BCUT2D eigenvalue weighted by atomic mass is 32.1. The van der Waals surface area contributed by atoms with Gasteiger partial charge in [-0.1, -0.05) is 12.1 Å². The second-order valence-corrected chi connectivity index (χ2v) is 14.7. The van der Waals surface area contributed by atoms with Crippen molar-refractivity contribution in [1.29, 1.82) is 0 Å². The third kappa shape index (κ3) is 24.9. The molecule has 0 saturated carbocycles. The lowest BCUT2D eigenvalue weighted by Gasteiger charge is -2.15. The van der Waals surface area contributed by atoms with Crippen molar-refractivity contribution in [3.05, 3.63) is 60.2 Å². The first-order valence-electron chi connectivity index (χ1n) is 21.0. The van der Waals surface area contributed by atoms with Crippen molar-refractivity contribution in [2.75, 3.05) is 39.3 Å². The van der Waals surface area contributed by atoms with Gasteiger partial charge in [0.1, 0.15) is 5.71 Å². The molecule has 2 rings (SSSR count). The predicted molar refractivity (Wildman–Crippen MR) is 232 cm³/mol. The second kappa shape index (κ2) is 31.8. The minimum absolute atomic E-state index is 0.0543. The third-order valence-corrected chi connectivity index (χ3v) is 9.29. The minimum atomic E-state index is -0.595. The van der Waals surface area contributed by atoms with E-state index in [2.05, 4.69) is 41.8 Å². The number of unbranched alkanes of at least 4 members (excludes halogenated alkanes) is 6. The number of rotatable bonds is 30. The average Bonchev–Trinajstić information content (AvgIpc) is 3.27. The quantitative estimate of drug-likeness (QED) is 0.0183. The molecule has 2 aromatic rings. The monoisotopic (exact) mass is 899 g/mol. The van der Waals surface area contributed by atoms with Crippen molar-refractivity contribution < 1.29 is 49.2 Å². The van der Waals surface area contributed by atoms with Gasteiger partial charge in [0.05, 0.1) is 11.4 Å². The number of hydrogen-bond acceptors (Lipinski definition) is 14. The lowest BCUT2D eigenvalue weighted by Crippen LogP contribution is -2.38. The zero-order chi connectivity index (χ0) is 46.2. The Morgan fingerprint density at radius 3 is 1.35 bits per heavy atom. The van der Waals surface area contributed by atoms with Gasteiger partial charge in [0, 0.05) is 97.1 Å². The van der Waals surface area contributed by atoms with Crippen molar-refractivity contribution in [3.8, 4) is 0 Å². The first kappa shape index (κ1) is 53.2. The van der Waals surface area contributed by atoms with Gasteiger partial charge >= 0.3 is 0 Å². The first-order chi connectivity index (χ1) is 30.3. The Kier molecular flexibility index (Phi) is 26.8. The maximum atomic E-state index is 12.4. The number of pyridine rings is 2. The van der Waals surface area contributed by atoms with Crippen LogP contribution in [0.1, 0.15) is 115 Å². The molecule has 0 unspecified atom stereocenters. The van der Waals surface area contributed by atoms with Crippen LogP contribution in [0.5, 0.6) is 0 Å². The highest BCUT2D eigenvalue weighted by molar-refractivity contribution is 7.80. The highest BCUT2D eigenvalue weighted by Crippen LogP contribution is 2.07. The molecule has 63 heavy (non-hydrogen) atoms. The summed E-state index contributed by atoms with van der Waals surface area (Å²) >= 11 is 5.18. The van der Waals surface area contributed by atoms with Gasteiger partial charge in [0.25, 0.3) is 0 Å². The van der Waals surface area contributed by atoms with Gasteiger partial charge in [-0.25, -0.2) is 15.2 Å². The van der Waals surface area contributed by atoms with E-state index in [0.717, 1.165) is 0 Å². The van der Waals surface area contributed by atoms with Crippen molar-refractivity contribution in [2.24, 2.45) is 5.10 Å². The van der Waals surface area contributed by atoms with Crippen LogP contribution in [0.15, 0.2) is 53.9 Å². The second-order valence-electron chi connectivity index (χ2n) is 14.3. The number of carbonyl (C=O) groups is 7. The summed E-state index contributed by atoms with van der Waals surface area (Å²) in [6.07, 6.45) is 7.78. The molecule has 0 atom stereocenters. The van der Waals surface area contributed by atoms with Gasteiger partial charge in [-0.15, -0.1) is 0 Å². The van der Waals surface area contributed by atoms with Gasteiger partial charge < -0.3 is 21.3 Å².